The summed E-state index contributed by atoms with van der Waals surface area (Å²) in [4.78, 5) is 2.12. The molecule has 2 rings (SSSR count). The zero-order chi connectivity index (χ0) is 16.7. The normalized spacial score (nSPS) is 12.0. The first-order valence-electron chi connectivity index (χ1n) is 8.18. The Morgan fingerprint density at radius 3 is 2.65 bits per heavy atom. The van der Waals surface area contributed by atoms with E-state index in [0.717, 1.165) is 37.2 Å². The number of nitrogens with zero attached hydrogens (tertiary/aromatic N) is 1. The fourth-order valence-electron chi connectivity index (χ4n) is 2.93. The molecule has 3 heteroatoms. The number of hydrogen-bond acceptors (Lipinski definition) is 2. The molecule has 23 heavy (non-hydrogen) atoms. The topological polar surface area (TPSA) is 12.5 Å². The van der Waals surface area contributed by atoms with Gasteiger partial charge in [-0.15, -0.1) is 0 Å². The monoisotopic (exact) mass is 315 g/mol. The van der Waals surface area contributed by atoms with Crippen molar-refractivity contribution in [1.82, 2.24) is 0 Å². The molecule has 0 aliphatic carbocycles. The summed E-state index contributed by atoms with van der Waals surface area (Å²) >= 11 is 0. The van der Waals surface area contributed by atoms with Crippen LogP contribution in [0.2, 0.25) is 0 Å². The van der Waals surface area contributed by atoms with E-state index in [4.69, 9.17) is 4.74 Å². The third-order valence-corrected chi connectivity index (χ3v) is 4.17. The van der Waals surface area contributed by atoms with Crippen LogP contribution >= 0.6 is 0 Å². The summed E-state index contributed by atoms with van der Waals surface area (Å²) in [6, 6.07) is 15.0. The van der Waals surface area contributed by atoms with Crippen LogP contribution in [0.3, 0.4) is 0 Å². The minimum Gasteiger partial charge on any atom is -0.496 e. The van der Waals surface area contributed by atoms with Crippen molar-refractivity contribution >= 4 is 5.69 Å². The molecule has 2 aromatic carbocycles. The van der Waals surface area contributed by atoms with Gasteiger partial charge in [-0.05, 0) is 55.0 Å². The molecule has 2 nitrogen and oxygen atoms in total. The van der Waals surface area contributed by atoms with Crippen LogP contribution in [0.25, 0.3) is 0 Å². The Hall–Kier alpha value is -2.03. The van der Waals surface area contributed by atoms with Crippen LogP contribution in [0.5, 0.6) is 5.75 Å². The summed E-state index contributed by atoms with van der Waals surface area (Å²) in [5.74, 6) is 1.34. The molecular formula is C20H26FNO. The van der Waals surface area contributed by atoms with Gasteiger partial charge in [-0.25, -0.2) is 4.39 Å². The number of benzene rings is 2. The lowest BCUT2D eigenvalue weighted by atomic mass is 10.00. The van der Waals surface area contributed by atoms with Gasteiger partial charge in [0.1, 0.15) is 11.6 Å². The van der Waals surface area contributed by atoms with Gasteiger partial charge in [0.25, 0.3) is 0 Å². The van der Waals surface area contributed by atoms with E-state index in [-0.39, 0.29) is 5.82 Å². The van der Waals surface area contributed by atoms with Crippen molar-refractivity contribution in [3.63, 3.8) is 0 Å². The molecular weight excluding hydrogens is 289 g/mol. The van der Waals surface area contributed by atoms with Crippen molar-refractivity contribution in [2.45, 2.75) is 26.2 Å². The van der Waals surface area contributed by atoms with E-state index >= 15 is 0 Å². The molecule has 0 amide bonds. The molecule has 0 fully saturated rings. The van der Waals surface area contributed by atoms with Gasteiger partial charge in [-0.2, -0.15) is 0 Å². The molecule has 124 valence electrons. The molecule has 1 unspecified atom stereocenters. The largest absolute Gasteiger partial charge is 0.496 e. The van der Waals surface area contributed by atoms with Gasteiger partial charge >= 0.3 is 0 Å². The van der Waals surface area contributed by atoms with Gasteiger partial charge in [-0.3, -0.25) is 0 Å². The average Bonchev–Trinajstić information content (AvgIpc) is 2.55. The molecule has 0 heterocycles. The fraction of sp³-hybridized carbons (Fsp3) is 0.400. The molecule has 0 spiro atoms. The summed E-state index contributed by atoms with van der Waals surface area (Å²) in [5, 5.41) is 0. The second kappa shape index (κ2) is 8.56. The van der Waals surface area contributed by atoms with Crippen molar-refractivity contribution in [2.75, 3.05) is 25.6 Å². The number of rotatable bonds is 8. The summed E-state index contributed by atoms with van der Waals surface area (Å²) in [5.41, 5.74) is 2.20. The van der Waals surface area contributed by atoms with Crippen molar-refractivity contribution in [3.05, 3.63) is 59.9 Å². The molecule has 0 bridgehead atoms. The Bertz CT molecular complexity index is 614. The lowest BCUT2D eigenvalue weighted by Crippen LogP contribution is -2.24. The molecule has 0 aromatic heterocycles. The summed E-state index contributed by atoms with van der Waals surface area (Å²) in [6.45, 7) is 3.17. The average molecular weight is 315 g/mol. The first kappa shape index (κ1) is 17.3. The van der Waals surface area contributed by atoms with Crippen LogP contribution < -0.4 is 9.64 Å². The van der Waals surface area contributed by atoms with Gasteiger partial charge in [0.05, 0.1) is 7.11 Å². The van der Waals surface area contributed by atoms with Crippen LogP contribution in [-0.2, 0) is 6.42 Å². The highest BCUT2D eigenvalue weighted by Gasteiger charge is 2.09. The highest BCUT2D eigenvalue weighted by Crippen LogP contribution is 2.21. The maximum atomic E-state index is 13.3. The third kappa shape index (κ3) is 5.27. The standard InChI is InChI=1S/C20H26FNO/c1-16(15-22(2)19-12-7-11-18(21)14-19)8-6-10-17-9-4-5-13-20(17)23-3/h4-5,7,9,11-14,16H,6,8,10,15H2,1-3H3. The maximum Gasteiger partial charge on any atom is 0.125 e. The van der Waals surface area contributed by atoms with Gasteiger partial charge in [0, 0.05) is 19.3 Å². The Labute approximate surface area is 138 Å². The van der Waals surface area contributed by atoms with E-state index in [0.29, 0.717) is 5.92 Å². The molecule has 1 atom stereocenters. The van der Waals surface area contributed by atoms with Crippen molar-refractivity contribution < 1.29 is 9.13 Å². The highest BCUT2D eigenvalue weighted by atomic mass is 19.1. The van der Waals surface area contributed by atoms with Gasteiger partial charge in [0.15, 0.2) is 0 Å². The lowest BCUT2D eigenvalue weighted by molar-refractivity contribution is 0.407. The Kier molecular flexibility index (Phi) is 6.45. The lowest BCUT2D eigenvalue weighted by Gasteiger charge is -2.23. The number of halogens is 1. The molecule has 2 aromatic rings. The number of para-hydroxylation sites is 1. The Morgan fingerprint density at radius 2 is 1.91 bits per heavy atom. The molecule has 0 saturated heterocycles. The van der Waals surface area contributed by atoms with Crippen LogP contribution in [0.1, 0.15) is 25.3 Å². The molecule has 0 saturated carbocycles. The number of ether oxygens (including phenoxy) is 1. The van der Waals surface area contributed by atoms with E-state index < -0.39 is 0 Å². The van der Waals surface area contributed by atoms with Gasteiger partial charge in [-0.1, -0.05) is 31.2 Å². The maximum absolute atomic E-state index is 13.3. The van der Waals surface area contributed by atoms with Crippen LogP contribution in [-0.4, -0.2) is 20.7 Å². The summed E-state index contributed by atoms with van der Waals surface area (Å²) in [7, 11) is 3.74. The van der Waals surface area contributed by atoms with Crippen LogP contribution in [0.15, 0.2) is 48.5 Å². The predicted octanol–water partition coefficient (Wildman–Crippen LogP) is 4.93. The van der Waals surface area contributed by atoms with Crippen LogP contribution in [0.4, 0.5) is 10.1 Å². The SMILES string of the molecule is COc1ccccc1CCCC(C)CN(C)c1cccc(F)c1. The number of methoxy groups -OCH3 is 1. The van der Waals surface area contributed by atoms with E-state index in [1.807, 2.05) is 25.2 Å². The molecule has 0 aliphatic rings. The minimum atomic E-state index is -0.182. The van der Waals surface area contributed by atoms with E-state index in [1.165, 1.54) is 11.6 Å². The fourth-order valence-corrected chi connectivity index (χ4v) is 2.93. The Morgan fingerprint density at radius 1 is 1.13 bits per heavy atom. The number of anilines is 1. The number of hydrogen-bond donors (Lipinski definition) is 0. The summed E-state index contributed by atoms with van der Waals surface area (Å²) < 4.78 is 18.7. The second-order valence-electron chi connectivity index (χ2n) is 6.17. The smallest absolute Gasteiger partial charge is 0.125 e. The Balaban J connectivity index is 1.80. The second-order valence-corrected chi connectivity index (χ2v) is 6.17. The van der Waals surface area contributed by atoms with Crippen molar-refractivity contribution in [1.29, 1.82) is 0 Å². The highest BCUT2D eigenvalue weighted by molar-refractivity contribution is 5.45. The number of aryl methyl sites for hydroxylation is 1. The first-order valence-corrected chi connectivity index (χ1v) is 8.18. The molecule has 0 radical (unpaired) electrons. The quantitative estimate of drug-likeness (QED) is 0.685. The van der Waals surface area contributed by atoms with E-state index in [1.54, 1.807) is 19.2 Å². The first-order chi connectivity index (χ1) is 11.1. The molecule has 0 aliphatic heterocycles. The van der Waals surface area contributed by atoms with Gasteiger partial charge in [0.2, 0.25) is 0 Å². The minimum absolute atomic E-state index is 0.182. The zero-order valence-corrected chi connectivity index (χ0v) is 14.3. The van der Waals surface area contributed by atoms with Gasteiger partial charge < -0.3 is 9.64 Å². The van der Waals surface area contributed by atoms with Crippen molar-refractivity contribution in [2.24, 2.45) is 5.92 Å². The zero-order valence-electron chi connectivity index (χ0n) is 14.3. The van der Waals surface area contributed by atoms with E-state index in [2.05, 4.69) is 24.0 Å². The van der Waals surface area contributed by atoms with E-state index in [9.17, 15) is 4.39 Å². The molecule has 0 N–H and O–H groups in total. The van der Waals surface area contributed by atoms with Crippen LogP contribution in [0, 0.1) is 11.7 Å². The summed E-state index contributed by atoms with van der Waals surface area (Å²) in [6.07, 6.45) is 3.29. The third-order valence-electron chi connectivity index (χ3n) is 4.17. The predicted molar refractivity (Wildman–Crippen MR) is 94.8 cm³/mol. The van der Waals surface area contributed by atoms with Crippen molar-refractivity contribution in [3.8, 4) is 5.75 Å².